The maximum Gasteiger partial charge on any atom is 0.419 e. The zero-order valence-electron chi connectivity index (χ0n) is 14.3. The number of nitrogens with two attached hydrogens (primary N) is 1. The minimum absolute atomic E-state index is 0.141. The molecule has 2 N–H and O–H groups in total. The molecule has 26 heavy (non-hydrogen) atoms. The third-order valence-corrected chi connectivity index (χ3v) is 4.95. The Morgan fingerprint density at radius 3 is 2.35 bits per heavy atom. The van der Waals surface area contributed by atoms with Gasteiger partial charge in [0.15, 0.2) is 5.78 Å². The van der Waals surface area contributed by atoms with E-state index in [0.717, 1.165) is 6.07 Å². The molecule has 0 atom stereocenters. The zero-order valence-corrected chi connectivity index (χ0v) is 14.3. The number of carbonyl (C=O) groups excluding carboxylic acids is 2. The number of ketones is 1. The van der Waals surface area contributed by atoms with Gasteiger partial charge in [-0.15, -0.1) is 0 Å². The van der Waals surface area contributed by atoms with Crippen molar-refractivity contribution in [3.8, 4) is 0 Å². The SMILES string of the molecule is CC1(C)CC2(C=C(N)C1=O)CN(C(=O)c1ccc(C(F)(F)F)c(F)c1)C2. The van der Waals surface area contributed by atoms with Gasteiger partial charge < -0.3 is 10.6 Å². The molecule has 1 saturated heterocycles. The minimum Gasteiger partial charge on any atom is -0.396 e. The van der Waals surface area contributed by atoms with Crippen LogP contribution in [-0.4, -0.2) is 29.7 Å². The highest BCUT2D eigenvalue weighted by molar-refractivity contribution is 6.00. The van der Waals surface area contributed by atoms with Crippen LogP contribution in [0.5, 0.6) is 0 Å². The minimum atomic E-state index is -4.81. The highest BCUT2D eigenvalue weighted by Crippen LogP contribution is 2.47. The standard InChI is InChI=1S/C18H18F4N2O2/c1-16(2)7-17(6-13(23)14(16)25)8-24(9-17)15(26)10-3-4-11(12(19)5-10)18(20,21)22/h3-6H,7-9,23H2,1-2H3. The molecule has 1 aromatic rings. The number of benzene rings is 1. The molecule has 1 amide bonds. The van der Waals surface area contributed by atoms with Crippen LogP contribution in [0.4, 0.5) is 17.6 Å². The Morgan fingerprint density at radius 1 is 1.23 bits per heavy atom. The van der Waals surface area contributed by atoms with Gasteiger partial charge in [0.05, 0.1) is 11.3 Å². The lowest BCUT2D eigenvalue weighted by Gasteiger charge is -2.53. The Balaban J connectivity index is 1.77. The molecular weight excluding hydrogens is 352 g/mol. The molecule has 140 valence electrons. The van der Waals surface area contributed by atoms with Crippen LogP contribution in [0.15, 0.2) is 30.0 Å². The summed E-state index contributed by atoms with van der Waals surface area (Å²) in [4.78, 5) is 25.9. The van der Waals surface area contributed by atoms with Gasteiger partial charge in [0.1, 0.15) is 5.82 Å². The number of hydrogen-bond donors (Lipinski definition) is 1. The fourth-order valence-electron chi connectivity index (χ4n) is 3.92. The number of rotatable bonds is 1. The highest BCUT2D eigenvalue weighted by Gasteiger charge is 2.51. The smallest absolute Gasteiger partial charge is 0.396 e. The summed E-state index contributed by atoms with van der Waals surface area (Å²) in [6.07, 6.45) is -2.63. The topological polar surface area (TPSA) is 63.4 Å². The quantitative estimate of drug-likeness (QED) is 0.773. The van der Waals surface area contributed by atoms with Crippen molar-refractivity contribution in [1.82, 2.24) is 4.90 Å². The molecule has 0 bridgehead atoms. The lowest BCUT2D eigenvalue weighted by atomic mass is 9.62. The summed E-state index contributed by atoms with van der Waals surface area (Å²) >= 11 is 0. The lowest BCUT2D eigenvalue weighted by molar-refractivity contribution is -0.140. The van der Waals surface area contributed by atoms with E-state index in [2.05, 4.69) is 0 Å². The molecule has 1 aliphatic carbocycles. The van der Waals surface area contributed by atoms with Gasteiger partial charge in [-0.05, 0) is 30.7 Å². The molecule has 0 aromatic heterocycles. The van der Waals surface area contributed by atoms with Gasteiger partial charge in [-0.3, -0.25) is 9.59 Å². The monoisotopic (exact) mass is 370 g/mol. The van der Waals surface area contributed by atoms with Crippen molar-refractivity contribution in [1.29, 1.82) is 0 Å². The molecule has 2 aliphatic rings. The molecule has 3 rings (SSSR count). The predicted octanol–water partition coefficient (Wildman–Crippen LogP) is 3.13. The van der Waals surface area contributed by atoms with Crippen molar-refractivity contribution in [3.63, 3.8) is 0 Å². The molecule has 8 heteroatoms. The fraction of sp³-hybridized carbons (Fsp3) is 0.444. The second-order valence-electron chi connectivity index (χ2n) is 7.71. The van der Waals surface area contributed by atoms with E-state index in [4.69, 9.17) is 5.73 Å². The molecule has 1 fully saturated rings. The zero-order chi connectivity index (χ0) is 19.5. The molecule has 1 aromatic carbocycles. The third-order valence-electron chi connectivity index (χ3n) is 4.95. The van der Waals surface area contributed by atoms with Gasteiger partial charge in [-0.2, -0.15) is 13.2 Å². The number of likely N-dealkylation sites (tertiary alicyclic amines) is 1. The van der Waals surface area contributed by atoms with Crippen molar-refractivity contribution in [2.75, 3.05) is 13.1 Å². The first-order valence-electron chi connectivity index (χ1n) is 8.04. The van der Waals surface area contributed by atoms with Crippen LogP contribution >= 0.6 is 0 Å². The summed E-state index contributed by atoms with van der Waals surface area (Å²) in [7, 11) is 0. The van der Waals surface area contributed by atoms with Crippen molar-refractivity contribution in [3.05, 3.63) is 46.9 Å². The van der Waals surface area contributed by atoms with E-state index in [1.165, 1.54) is 4.90 Å². The maximum absolute atomic E-state index is 13.7. The van der Waals surface area contributed by atoms with Gasteiger partial charge in [0.25, 0.3) is 5.91 Å². The summed E-state index contributed by atoms with van der Waals surface area (Å²) in [6, 6.07) is 2.14. The summed E-state index contributed by atoms with van der Waals surface area (Å²) in [5.41, 5.74) is 3.34. The Hall–Kier alpha value is -2.38. The maximum atomic E-state index is 13.7. The number of hydrogen-bond acceptors (Lipinski definition) is 3. The van der Waals surface area contributed by atoms with Crippen LogP contribution < -0.4 is 5.73 Å². The van der Waals surface area contributed by atoms with Crippen LogP contribution in [0.25, 0.3) is 0 Å². The van der Waals surface area contributed by atoms with Crippen LogP contribution in [-0.2, 0) is 11.0 Å². The normalized spacial score (nSPS) is 21.4. The first-order valence-corrected chi connectivity index (χ1v) is 8.04. The second kappa shape index (κ2) is 5.56. The molecule has 1 aliphatic heterocycles. The first-order chi connectivity index (χ1) is 11.8. The molecule has 4 nitrogen and oxygen atoms in total. The van der Waals surface area contributed by atoms with E-state index in [1.807, 2.05) is 0 Å². The number of Topliss-reactive ketones (excluding diaryl/α,β-unsaturated/α-hetero) is 1. The van der Waals surface area contributed by atoms with Gasteiger partial charge in [-0.25, -0.2) is 4.39 Å². The Morgan fingerprint density at radius 2 is 1.85 bits per heavy atom. The van der Waals surface area contributed by atoms with E-state index in [1.54, 1.807) is 19.9 Å². The number of alkyl halides is 3. The van der Waals surface area contributed by atoms with E-state index in [0.29, 0.717) is 18.6 Å². The summed E-state index contributed by atoms with van der Waals surface area (Å²) in [5.74, 6) is -2.17. The van der Waals surface area contributed by atoms with Crippen LogP contribution in [0.3, 0.4) is 0 Å². The number of nitrogens with zero attached hydrogens (tertiary/aromatic N) is 1. The first kappa shape index (κ1) is 18.4. The van der Waals surface area contributed by atoms with Crippen molar-refractivity contribution < 1.29 is 27.2 Å². The van der Waals surface area contributed by atoms with E-state index < -0.39 is 34.3 Å². The van der Waals surface area contributed by atoms with E-state index in [9.17, 15) is 27.2 Å². The van der Waals surface area contributed by atoms with Gasteiger partial charge in [-0.1, -0.05) is 13.8 Å². The Kier molecular flexibility index (Phi) is 3.94. The molecule has 0 radical (unpaired) electrons. The number of halogens is 4. The molecule has 0 saturated carbocycles. The molecule has 1 heterocycles. The van der Waals surface area contributed by atoms with Crippen LogP contribution in [0.1, 0.15) is 36.2 Å². The summed E-state index contributed by atoms with van der Waals surface area (Å²) < 4.78 is 51.5. The summed E-state index contributed by atoms with van der Waals surface area (Å²) in [5, 5.41) is 0. The van der Waals surface area contributed by atoms with Crippen molar-refractivity contribution in [2.45, 2.75) is 26.4 Å². The fourth-order valence-corrected chi connectivity index (χ4v) is 3.92. The number of carbonyl (C=O) groups is 2. The van der Waals surface area contributed by atoms with E-state index in [-0.39, 0.29) is 30.1 Å². The van der Waals surface area contributed by atoms with Gasteiger partial charge in [0.2, 0.25) is 0 Å². The predicted molar refractivity (Wildman–Crippen MR) is 85.4 cm³/mol. The Labute approximate surface area is 147 Å². The number of allylic oxidation sites excluding steroid dienone is 1. The van der Waals surface area contributed by atoms with E-state index >= 15 is 0 Å². The average Bonchev–Trinajstić information content (AvgIpc) is 2.47. The third kappa shape index (κ3) is 2.97. The highest BCUT2D eigenvalue weighted by atomic mass is 19.4. The lowest BCUT2D eigenvalue weighted by Crippen LogP contribution is -2.61. The molecular formula is C18H18F4N2O2. The van der Waals surface area contributed by atoms with Crippen molar-refractivity contribution >= 4 is 11.7 Å². The average molecular weight is 370 g/mol. The summed E-state index contributed by atoms with van der Waals surface area (Å²) in [6.45, 7) is 4.14. The van der Waals surface area contributed by atoms with Crippen LogP contribution in [0, 0.1) is 16.6 Å². The van der Waals surface area contributed by atoms with Gasteiger partial charge in [0, 0.05) is 29.5 Å². The largest absolute Gasteiger partial charge is 0.419 e. The molecule has 0 unspecified atom stereocenters. The Bertz CT molecular complexity index is 821. The second-order valence-corrected chi connectivity index (χ2v) is 7.71. The molecule has 1 spiro atoms. The van der Waals surface area contributed by atoms with Crippen molar-refractivity contribution in [2.24, 2.45) is 16.6 Å². The van der Waals surface area contributed by atoms with Crippen LogP contribution in [0.2, 0.25) is 0 Å². The van der Waals surface area contributed by atoms with Gasteiger partial charge >= 0.3 is 6.18 Å². The number of amides is 1.